The van der Waals surface area contributed by atoms with E-state index >= 15 is 0 Å². The Kier molecular flexibility index (Phi) is 9.62. The average Bonchev–Trinajstić information content (AvgIpc) is 2.23. The quantitative estimate of drug-likeness (QED) is 0.387. The van der Waals surface area contributed by atoms with Gasteiger partial charge in [0.05, 0.1) is 0 Å². The summed E-state index contributed by atoms with van der Waals surface area (Å²) in [4.78, 5) is 11.3. The van der Waals surface area contributed by atoms with Gasteiger partial charge in [-0.05, 0) is 34.3 Å². The third-order valence-electron chi connectivity index (χ3n) is 2.11. The van der Waals surface area contributed by atoms with Gasteiger partial charge in [0.15, 0.2) is 0 Å². The zero-order valence-electron chi connectivity index (χ0n) is 10.0. The van der Waals surface area contributed by atoms with Crippen LogP contribution in [0.1, 0.15) is 46.0 Å². The van der Waals surface area contributed by atoms with E-state index in [2.05, 4.69) is 4.74 Å². The lowest BCUT2D eigenvalue weighted by atomic mass is 10.2. The van der Waals surface area contributed by atoms with Gasteiger partial charge in [0.25, 0.3) is 0 Å². The second kappa shape index (κ2) is 9.38. The molecule has 0 saturated carbocycles. The van der Waals surface area contributed by atoms with Crippen molar-refractivity contribution in [2.24, 2.45) is 0 Å². The van der Waals surface area contributed by atoms with Crippen molar-refractivity contribution in [3.63, 3.8) is 0 Å². The van der Waals surface area contributed by atoms with Gasteiger partial charge in [0.1, 0.15) is 5.25 Å². The molecule has 0 spiro atoms. The zero-order chi connectivity index (χ0) is 13.3. The summed E-state index contributed by atoms with van der Waals surface area (Å²) in [5.74, 6) is -3.04. The van der Waals surface area contributed by atoms with Crippen LogP contribution in [0.3, 0.4) is 0 Å². The molecule has 7 heteroatoms. The molecule has 0 rings (SSSR count). The molecule has 0 aliphatic carbocycles. The normalized spacial score (nSPS) is 13.5. The van der Waals surface area contributed by atoms with Crippen LogP contribution in [0.25, 0.3) is 0 Å². The van der Waals surface area contributed by atoms with Crippen LogP contribution < -0.4 is 0 Å². The fraction of sp³-hybridized carbons (Fsp3) is 0.900. The van der Waals surface area contributed by atoms with E-state index in [1.165, 1.54) is 0 Å². The number of hydrogen-bond acceptors (Lipinski definition) is 6. The van der Waals surface area contributed by atoms with Gasteiger partial charge in [0, 0.05) is 6.42 Å². The maximum atomic E-state index is 11.3. The summed E-state index contributed by atoms with van der Waals surface area (Å²) in [5, 5.41) is 18.9. The van der Waals surface area contributed by atoms with Crippen LogP contribution in [0.15, 0.2) is 0 Å². The number of hydrogen-bond donors (Lipinski definition) is 2. The Morgan fingerprint density at radius 2 is 2.06 bits per heavy atom. The van der Waals surface area contributed by atoms with E-state index in [0.717, 1.165) is 33.5 Å². The number of carbonyl (C=O) groups excluding carboxylic acids is 1. The minimum Gasteiger partial charge on any atom is -0.407 e. The molecule has 0 aromatic carbocycles. The molecular weight excluding hydrogens is 280 g/mol. The maximum Gasteiger partial charge on any atom is 0.337 e. The van der Waals surface area contributed by atoms with Crippen LogP contribution in [-0.4, -0.2) is 27.4 Å². The average molecular weight is 299 g/mol. The minimum atomic E-state index is -2.43. The first-order valence-corrected chi connectivity index (χ1v) is 8.73. The molecule has 2 N–H and O–H groups in total. The van der Waals surface area contributed by atoms with Crippen molar-refractivity contribution in [1.29, 1.82) is 0 Å². The molecule has 0 heterocycles. The summed E-state index contributed by atoms with van der Waals surface area (Å²) >= 11 is 4.73. The molecule has 1 radical (unpaired) electrons. The van der Waals surface area contributed by atoms with E-state index in [1.807, 2.05) is 13.8 Å². The van der Waals surface area contributed by atoms with Gasteiger partial charge < -0.3 is 14.9 Å². The monoisotopic (exact) mass is 299 g/mol. The van der Waals surface area contributed by atoms with Crippen LogP contribution >= 0.6 is 32.3 Å². The van der Waals surface area contributed by atoms with E-state index in [1.54, 1.807) is 0 Å². The van der Waals surface area contributed by atoms with Crippen LogP contribution in [0.2, 0.25) is 0 Å². The highest BCUT2D eigenvalue weighted by atomic mass is 33.5. The summed E-state index contributed by atoms with van der Waals surface area (Å²) in [6, 6.07) is 0. The van der Waals surface area contributed by atoms with Crippen molar-refractivity contribution in [2.75, 3.05) is 0 Å². The molecule has 0 aliphatic heterocycles. The van der Waals surface area contributed by atoms with E-state index < -0.39 is 17.2 Å². The lowest BCUT2D eigenvalue weighted by molar-refractivity contribution is -0.318. The predicted molar refractivity (Wildman–Crippen MR) is 74.3 cm³/mol. The summed E-state index contributed by atoms with van der Waals surface area (Å²) < 4.78 is 4.68. The van der Waals surface area contributed by atoms with E-state index in [9.17, 15) is 15.0 Å². The molecule has 0 bridgehead atoms. The van der Waals surface area contributed by atoms with Crippen molar-refractivity contribution in [2.45, 2.75) is 57.2 Å². The first kappa shape index (κ1) is 17.4. The zero-order valence-corrected chi connectivity index (χ0v) is 12.5. The number of rotatable bonds is 9. The van der Waals surface area contributed by atoms with Crippen LogP contribution in [0.4, 0.5) is 0 Å². The third-order valence-corrected chi connectivity index (χ3v) is 4.61. The van der Waals surface area contributed by atoms with Gasteiger partial charge in [-0.2, -0.15) is 0 Å². The molecule has 0 fully saturated rings. The molecule has 0 aromatic rings. The van der Waals surface area contributed by atoms with Crippen LogP contribution in [0.5, 0.6) is 0 Å². The predicted octanol–water partition coefficient (Wildman–Crippen LogP) is 3.02. The van der Waals surface area contributed by atoms with Gasteiger partial charge in [-0.3, -0.25) is 4.79 Å². The second-order valence-corrected chi connectivity index (χ2v) is 6.79. The molecule has 4 nitrogen and oxygen atoms in total. The topological polar surface area (TPSA) is 66.8 Å². The fourth-order valence-electron chi connectivity index (χ4n) is 1.22. The molecule has 0 aliphatic rings. The van der Waals surface area contributed by atoms with Gasteiger partial charge in [-0.25, -0.2) is 0 Å². The first-order valence-electron chi connectivity index (χ1n) is 5.59. The third kappa shape index (κ3) is 7.46. The van der Waals surface area contributed by atoms with E-state index in [0.29, 0.717) is 12.8 Å². The van der Waals surface area contributed by atoms with Gasteiger partial charge in [-0.1, -0.05) is 37.5 Å². The number of ether oxygens (including phenoxy) is 1. The Labute approximate surface area is 115 Å². The van der Waals surface area contributed by atoms with E-state index in [-0.39, 0.29) is 6.42 Å². The molecule has 0 saturated heterocycles. The minimum absolute atomic E-state index is 0.176. The largest absolute Gasteiger partial charge is 0.407 e. The Morgan fingerprint density at radius 1 is 1.41 bits per heavy atom. The lowest BCUT2D eigenvalue weighted by Gasteiger charge is -2.28. The Hall–Kier alpha value is 0.440. The van der Waals surface area contributed by atoms with Crippen LogP contribution in [-0.2, 0) is 9.53 Å². The summed E-state index contributed by atoms with van der Waals surface area (Å²) in [5.41, 5.74) is 0. The van der Waals surface area contributed by atoms with Crippen molar-refractivity contribution in [1.82, 2.24) is 0 Å². The highest BCUT2D eigenvalue weighted by molar-refractivity contribution is 9.05. The number of unbranched alkanes of at least 4 members (excludes halogenated alkanes) is 1. The molecular formula is C10H19O4S3. The van der Waals surface area contributed by atoms with Crippen molar-refractivity contribution in [3.8, 4) is 0 Å². The summed E-state index contributed by atoms with van der Waals surface area (Å²) in [7, 11) is 2.15. The Balaban J connectivity index is 4.40. The van der Waals surface area contributed by atoms with E-state index in [4.69, 9.17) is 11.7 Å². The number of esters is 1. The molecule has 1 atom stereocenters. The van der Waals surface area contributed by atoms with Crippen molar-refractivity contribution >= 4 is 38.2 Å². The highest BCUT2D eigenvalue weighted by Crippen LogP contribution is 2.38. The molecule has 1 unspecified atom stereocenters. The molecule has 0 amide bonds. The van der Waals surface area contributed by atoms with Gasteiger partial charge in [-0.15, -0.1) is 0 Å². The maximum absolute atomic E-state index is 11.3. The van der Waals surface area contributed by atoms with Crippen LogP contribution in [0, 0.1) is 0 Å². The fourth-order valence-corrected chi connectivity index (χ4v) is 3.56. The Bertz CT molecular complexity index is 224. The SMILES string of the molecule is CCCCC(SS[S])C(O)(O)OC(=O)CCC. The summed E-state index contributed by atoms with van der Waals surface area (Å²) in [6.45, 7) is 3.82. The lowest BCUT2D eigenvalue weighted by Crippen LogP contribution is -2.44. The van der Waals surface area contributed by atoms with Crippen molar-refractivity contribution < 1.29 is 19.7 Å². The number of aliphatic hydroxyl groups is 2. The second-order valence-electron chi connectivity index (χ2n) is 3.68. The number of carbonyl (C=O) groups is 1. The Morgan fingerprint density at radius 3 is 2.53 bits per heavy atom. The molecule has 17 heavy (non-hydrogen) atoms. The van der Waals surface area contributed by atoms with Gasteiger partial charge >= 0.3 is 11.9 Å². The highest BCUT2D eigenvalue weighted by Gasteiger charge is 2.39. The smallest absolute Gasteiger partial charge is 0.337 e. The standard InChI is InChI=1S/C10H19O4S3/c1-3-5-7-8(16-17-15)10(12,13)14-9(11)6-4-2/h8,12-13H,3-7H2,1-2H3. The van der Waals surface area contributed by atoms with Crippen molar-refractivity contribution in [3.05, 3.63) is 0 Å². The van der Waals surface area contributed by atoms with Gasteiger partial charge in [0.2, 0.25) is 0 Å². The molecule has 101 valence electrons. The first-order chi connectivity index (χ1) is 7.97. The summed E-state index contributed by atoms with van der Waals surface area (Å²) in [6.07, 6.45) is 3.07. The molecule has 0 aromatic heterocycles.